The van der Waals surface area contributed by atoms with Crippen molar-refractivity contribution in [3.05, 3.63) is 41.5 Å². The Morgan fingerprint density at radius 2 is 2.10 bits per heavy atom. The van der Waals surface area contributed by atoms with Gasteiger partial charge < -0.3 is 14.7 Å². The van der Waals surface area contributed by atoms with Gasteiger partial charge in [0.15, 0.2) is 5.82 Å². The molecule has 2 aromatic rings. The molecule has 0 bridgehead atoms. The first-order chi connectivity index (χ1) is 14.4. The fourth-order valence-corrected chi connectivity index (χ4v) is 4.25. The molecule has 9 nitrogen and oxygen atoms in total. The van der Waals surface area contributed by atoms with Crippen molar-refractivity contribution in [2.75, 3.05) is 18.0 Å². The zero-order valence-corrected chi connectivity index (χ0v) is 17.2. The Balaban J connectivity index is 1.36. The number of carbonyl (C=O) groups is 3. The summed E-state index contributed by atoms with van der Waals surface area (Å²) < 4.78 is 5.05. The molecule has 0 aliphatic carbocycles. The molecule has 1 aromatic carbocycles. The molecule has 1 aromatic heterocycles. The molecular formula is C21H25N5O4. The summed E-state index contributed by atoms with van der Waals surface area (Å²) >= 11 is 0. The summed E-state index contributed by atoms with van der Waals surface area (Å²) in [6, 6.07) is 7.16. The van der Waals surface area contributed by atoms with Gasteiger partial charge >= 0.3 is 0 Å². The molecular weight excluding hydrogens is 386 g/mol. The highest BCUT2D eigenvalue weighted by Crippen LogP contribution is 2.43. The maximum absolute atomic E-state index is 13.1. The predicted octanol–water partition coefficient (Wildman–Crippen LogP) is 1.82. The van der Waals surface area contributed by atoms with Gasteiger partial charge in [0.25, 0.3) is 5.91 Å². The van der Waals surface area contributed by atoms with Gasteiger partial charge in [-0.3, -0.25) is 19.3 Å². The topological polar surface area (TPSA) is 109 Å². The van der Waals surface area contributed by atoms with Gasteiger partial charge in [-0.1, -0.05) is 17.3 Å². The summed E-state index contributed by atoms with van der Waals surface area (Å²) in [6.45, 7) is 4.39. The Morgan fingerprint density at radius 3 is 2.87 bits per heavy atom. The van der Waals surface area contributed by atoms with Crippen LogP contribution in [0, 0.1) is 6.92 Å². The molecule has 9 heteroatoms. The van der Waals surface area contributed by atoms with Crippen molar-refractivity contribution in [1.82, 2.24) is 20.4 Å². The van der Waals surface area contributed by atoms with Gasteiger partial charge in [0.2, 0.25) is 17.7 Å². The molecule has 3 amide bonds. The van der Waals surface area contributed by atoms with E-state index in [0.717, 1.165) is 0 Å². The lowest BCUT2D eigenvalue weighted by Gasteiger charge is -2.48. The monoisotopic (exact) mass is 411 g/mol. The van der Waals surface area contributed by atoms with Gasteiger partial charge in [-0.2, -0.15) is 4.98 Å². The highest BCUT2D eigenvalue weighted by Gasteiger charge is 2.52. The lowest BCUT2D eigenvalue weighted by Crippen LogP contribution is -2.62. The van der Waals surface area contributed by atoms with E-state index in [-0.39, 0.29) is 30.7 Å². The van der Waals surface area contributed by atoms with Crippen LogP contribution in [0.1, 0.15) is 54.7 Å². The van der Waals surface area contributed by atoms with Crippen LogP contribution in [0.5, 0.6) is 0 Å². The number of hydrogen-bond donors (Lipinski definition) is 1. The molecule has 158 valence electrons. The van der Waals surface area contributed by atoms with Crippen molar-refractivity contribution in [3.63, 3.8) is 0 Å². The number of anilines is 1. The Bertz CT molecular complexity index is 987. The summed E-state index contributed by atoms with van der Waals surface area (Å²) in [6.07, 6.45) is 2.39. The Labute approximate surface area is 174 Å². The number of nitrogens with one attached hydrogen (secondary N) is 1. The standard InChI is InChI=1S/C21H25N5O4/c1-14-23-18(30-24-14)8-5-12-22-17(27)10-13-25-20(29)15-6-3-4-7-16(15)26-19(28)9-11-21(25,26)2/h3-4,6-7H,5,8-13H2,1-2H3,(H,22,27). The Morgan fingerprint density at radius 1 is 1.30 bits per heavy atom. The van der Waals surface area contributed by atoms with E-state index in [1.807, 2.05) is 19.1 Å². The number of amides is 3. The molecule has 3 heterocycles. The molecule has 1 atom stereocenters. The van der Waals surface area contributed by atoms with Crippen LogP contribution < -0.4 is 10.2 Å². The number of benzene rings is 1. The minimum Gasteiger partial charge on any atom is -0.356 e. The molecule has 4 rings (SSSR count). The van der Waals surface area contributed by atoms with Gasteiger partial charge in [0.05, 0.1) is 11.3 Å². The number of carbonyl (C=O) groups excluding carboxylic acids is 3. The number of aromatic nitrogens is 2. The van der Waals surface area contributed by atoms with E-state index in [4.69, 9.17) is 4.52 Å². The number of fused-ring (bicyclic) bond motifs is 3. The van der Waals surface area contributed by atoms with Gasteiger partial charge in [0, 0.05) is 32.4 Å². The minimum absolute atomic E-state index is 0.00293. The number of rotatable bonds is 7. The first kappa shape index (κ1) is 20.1. The highest BCUT2D eigenvalue weighted by molar-refractivity contribution is 6.10. The molecule has 30 heavy (non-hydrogen) atoms. The second-order valence-electron chi connectivity index (χ2n) is 7.86. The second kappa shape index (κ2) is 7.89. The van der Waals surface area contributed by atoms with E-state index in [1.165, 1.54) is 0 Å². The smallest absolute Gasteiger partial charge is 0.257 e. The van der Waals surface area contributed by atoms with Crippen LogP contribution in [-0.4, -0.2) is 51.5 Å². The quantitative estimate of drug-likeness (QED) is 0.696. The van der Waals surface area contributed by atoms with Crippen LogP contribution >= 0.6 is 0 Å². The van der Waals surface area contributed by atoms with E-state index >= 15 is 0 Å². The van der Waals surface area contributed by atoms with Crippen LogP contribution in [0.25, 0.3) is 0 Å². The molecule has 1 unspecified atom stereocenters. The average Bonchev–Trinajstić information content (AvgIpc) is 3.28. The molecule has 1 saturated heterocycles. The zero-order valence-electron chi connectivity index (χ0n) is 17.2. The van der Waals surface area contributed by atoms with Crippen LogP contribution in [0.4, 0.5) is 5.69 Å². The molecule has 1 N–H and O–H groups in total. The molecule has 2 aliphatic rings. The third-order valence-corrected chi connectivity index (χ3v) is 5.77. The molecule has 2 aliphatic heterocycles. The highest BCUT2D eigenvalue weighted by atomic mass is 16.5. The van der Waals surface area contributed by atoms with Crippen LogP contribution in [-0.2, 0) is 16.0 Å². The van der Waals surface area contributed by atoms with Crippen molar-refractivity contribution in [2.24, 2.45) is 0 Å². The molecule has 0 radical (unpaired) electrons. The lowest BCUT2D eigenvalue weighted by atomic mass is 9.98. The largest absolute Gasteiger partial charge is 0.356 e. The van der Waals surface area contributed by atoms with E-state index in [9.17, 15) is 14.4 Å². The second-order valence-corrected chi connectivity index (χ2v) is 7.86. The first-order valence-electron chi connectivity index (χ1n) is 10.2. The van der Waals surface area contributed by atoms with Gasteiger partial charge in [-0.25, -0.2) is 0 Å². The van der Waals surface area contributed by atoms with E-state index in [0.29, 0.717) is 55.2 Å². The summed E-state index contributed by atoms with van der Waals surface area (Å²) in [7, 11) is 0. The van der Waals surface area contributed by atoms with E-state index in [2.05, 4.69) is 15.5 Å². The predicted molar refractivity (Wildman–Crippen MR) is 108 cm³/mol. The van der Waals surface area contributed by atoms with Crippen molar-refractivity contribution >= 4 is 23.4 Å². The average molecular weight is 411 g/mol. The van der Waals surface area contributed by atoms with Crippen LogP contribution in [0.15, 0.2) is 28.8 Å². The third-order valence-electron chi connectivity index (χ3n) is 5.77. The summed E-state index contributed by atoms with van der Waals surface area (Å²) in [5.41, 5.74) is 0.420. The SMILES string of the molecule is Cc1noc(CCCNC(=O)CCN2C(=O)c3ccccc3N3C(=O)CCC23C)n1. The third kappa shape index (κ3) is 3.55. The van der Waals surface area contributed by atoms with Gasteiger partial charge in [-0.05, 0) is 38.8 Å². The zero-order chi connectivity index (χ0) is 21.3. The van der Waals surface area contributed by atoms with Crippen LogP contribution in [0.2, 0.25) is 0 Å². The van der Waals surface area contributed by atoms with E-state index in [1.54, 1.807) is 28.9 Å². The maximum atomic E-state index is 13.1. The van der Waals surface area contributed by atoms with E-state index < -0.39 is 5.66 Å². The summed E-state index contributed by atoms with van der Waals surface area (Å²) in [5.74, 6) is 0.873. The summed E-state index contributed by atoms with van der Waals surface area (Å²) in [5, 5.41) is 6.60. The first-order valence-corrected chi connectivity index (χ1v) is 10.2. The fraction of sp³-hybridized carbons (Fsp3) is 0.476. The van der Waals surface area contributed by atoms with Gasteiger partial charge in [0.1, 0.15) is 5.66 Å². The molecule has 0 spiro atoms. The number of aryl methyl sites for hydroxylation is 2. The normalized spacial score (nSPS) is 20.3. The maximum Gasteiger partial charge on any atom is 0.257 e. The van der Waals surface area contributed by atoms with Crippen molar-refractivity contribution < 1.29 is 18.9 Å². The van der Waals surface area contributed by atoms with Crippen LogP contribution in [0.3, 0.4) is 0 Å². The number of nitrogens with zero attached hydrogens (tertiary/aromatic N) is 4. The number of hydrogen-bond acceptors (Lipinski definition) is 6. The Kier molecular flexibility index (Phi) is 5.27. The minimum atomic E-state index is -0.737. The number of para-hydroxylation sites is 1. The molecule has 1 fully saturated rings. The molecule has 0 saturated carbocycles. The summed E-state index contributed by atoms with van der Waals surface area (Å²) in [4.78, 5) is 45.5. The van der Waals surface area contributed by atoms with Crippen molar-refractivity contribution in [3.8, 4) is 0 Å². The fourth-order valence-electron chi connectivity index (χ4n) is 4.25. The van der Waals surface area contributed by atoms with Crippen molar-refractivity contribution in [1.29, 1.82) is 0 Å². The van der Waals surface area contributed by atoms with Crippen molar-refractivity contribution in [2.45, 2.75) is 51.6 Å². The lowest BCUT2D eigenvalue weighted by molar-refractivity contribution is -0.121. The van der Waals surface area contributed by atoms with Gasteiger partial charge in [-0.15, -0.1) is 0 Å². The Hall–Kier alpha value is -3.23.